The molecule has 0 fully saturated rings. The number of urea groups is 1. The normalized spacial score (nSPS) is 12.0. The van der Waals surface area contributed by atoms with Crippen molar-refractivity contribution >= 4 is 21.1 Å². The Bertz CT molecular complexity index is 412. The number of rotatable bonds is 21. The number of nitrogens with one attached hydrogen (secondary N) is 1. The number of carbonyl (C=O) groups is 1. The van der Waals surface area contributed by atoms with Crippen molar-refractivity contribution in [2.24, 2.45) is 4.99 Å². The van der Waals surface area contributed by atoms with E-state index in [1.807, 2.05) is 20.8 Å². The smallest absolute Gasteiger partial charge is 0.382 e. The molecule has 0 radical (unpaired) electrons. The van der Waals surface area contributed by atoms with E-state index < -0.39 is 14.8 Å². The van der Waals surface area contributed by atoms with Crippen LogP contribution < -0.4 is 5.32 Å². The fourth-order valence-electron chi connectivity index (χ4n) is 2.39. The van der Waals surface area contributed by atoms with Gasteiger partial charge in [0.25, 0.3) is 0 Å². The standard InChI is InChI=1S/C19H40N2O8Si/c1-5-27-30(28-6-2,29-7-3)18-8-9-20-19(22)21-10-11-24-14-15-26-17-16-25-13-12-23-4/h10H,5-9,11-18H2,1-4H3,(H,20,22). The van der Waals surface area contributed by atoms with Crippen molar-refractivity contribution in [3.05, 3.63) is 0 Å². The minimum absolute atomic E-state index is 0.246. The molecule has 0 rings (SSSR count). The van der Waals surface area contributed by atoms with Gasteiger partial charge < -0.3 is 37.5 Å². The molecule has 0 aromatic heterocycles. The van der Waals surface area contributed by atoms with E-state index in [0.29, 0.717) is 78.5 Å². The number of hydrogen-bond acceptors (Lipinski definition) is 8. The average molecular weight is 453 g/mol. The molecule has 0 aliphatic carbocycles. The lowest BCUT2D eigenvalue weighted by atomic mass is 10.5. The number of methoxy groups -OCH3 is 1. The second-order valence-corrected chi connectivity index (χ2v) is 8.65. The predicted molar refractivity (Wildman–Crippen MR) is 116 cm³/mol. The van der Waals surface area contributed by atoms with E-state index >= 15 is 0 Å². The van der Waals surface area contributed by atoms with Crippen LogP contribution in [0.5, 0.6) is 0 Å². The summed E-state index contributed by atoms with van der Waals surface area (Å²) in [6.07, 6.45) is 2.12. The van der Waals surface area contributed by atoms with Gasteiger partial charge in [-0.25, -0.2) is 9.79 Å². The number of carbonyl (C=O) groups excluding carboxylic acids is 1. The average Bonchev–Trinajstić information content (AvgIpc) is 2.72. The van der Waals surface area contributed by atoms with Gasteiger partial charge in [0.2, 0.25) is 0 Å². The molecule has 2 amide bonds. The van der Waals surface area contributed by atoms with Crippen LogP contribution in [-0.4, -0.2) is 101 Å². The molecule has 0 aromatic rings. The molecule has 0 unspecified atom stereocenters. The lowest BCUT2D eigenvalue weighted by Crippen LogP contribution is -2.46. The van der Waals surface area contributed by atoms with Crippen LogP contribution in [0.15, 0.2) is 4.99 Å². The lowest BCUT2D eigenvalue weighted by Gasteiger charge is -2.28. The summed E-state index contributed by atoms with van der Waals surface area (Å²) in [5.74, 6) is 0. The fraction of sp³-hybridized carbons (Fsp3) is 0.895. The first-order valence-corrected chi connectivity index (χ1v) is 12.5. The van der Waals surface area contributed by atoms with E-state index in [0.717, 1.165) is 0 Å². The summed E-state index contributed by atoms with van der Waals surface area (Å²) in [5.41, 5.74) is 0. The van der Waals surface area contributed by atoms with E-state index in [9.17, 15) is 4.79 Å². The summed E-state index contributed by atoms with van der Waals surface area (Å²) in [5, 5.41) is 2.74. The van der Waals surface area contributed by atoms with Crippen LogP contribution in [-0.2, 0) is 32.2 Å². The molecule has 11 heteroatoms. The van der Waals surface area contributed by atoms with Crippen LogP contribution in [0.4, 0.5) is 4.79 Å². The molecule has 0 heterocycles. The Hall–Kier alpha value is -0.923. The van der Waals surface area contributed by atoms with Crippen molar-refractivity contribution in [1.29, 1.82) is 0 Å². The van der Waals surface area contributed by atoms with E-state index in [-0.39, 0.29) is 6.61 Å². The Morgan fingerprint density at radius 1 is 0.867 bits per heavy atom. The van der Waals surface area contributed by atoms with Gasteiger partial charge in [-0.2, -0.15) is 0 Å². The van der Waals surface area contributed by atoms with Crippen LogP contribution in [0.2, 0.25) is 6.04 Å². The molecule has 0 aliphatic heterocycles. The van der Waals surface area contributed by atoms with E-state index in [1.165, 1.54) is 6.21 Å². The van der Waals surface area contributed by atoms with Gasteiger partial charge in [0.1, 0.15) is 0 Å². The van der Waals surface area contributed by atoms with Gasteiger partial charge in [-0.15, -0.1) is 0 Å². The van der Waals surface area contributed by atoms with Crippen molar-refractivity contribution in [3.63, 3.8) is 0 Å². The summed E-state index contributed by atoms with van der Waals surface area (Å²) in [6, 6.07) is 0.243. The van der Waals surface area contributed by atoms with Gasteiger partial charge in [0.15, 0.2) is 0 Å². The van der Waals surface area contributed by atoms with Crippen molar-refractivity contribution in [2.75, 3.05) is 79.7 Å². The van der Waals surface area contributed by atoms with Gasteiger partial charge in [-0.1, -0.05) is 0 Å². The minimum Gasteiger partial charge on any atom is -0.382 e. The number of aliphatic imine (C=N–C) groups is 1. The predicted octanol–water partition coefficient (Wildman–Crippen LogP) is 1.90. The molecular formula is C19H40N2O8Si. The van der Waals surface area contributed by atoms with Crippen LogP contribution in [0, 0.1) is 0 Å². The van der Waals surface area contributed by atoms with Crippen molar-refractivity contribution < 1.29 is 37.0 Å². The third-order valence-electron chi connectivity index (χ3n) is 3.61. The molecular weight excluding hydrogens is 412 g/mol. The summed E-state index contributed by atoms with van der Waals surface area (Å²) in [4.78, 5) is 15.5. The first kappa shape index (κ1) is 29.1. The molecule has 0 bridgehead atoms. The first-order valence-electron chi connectivity index (χ1n) is 10.6. The highest BCUT2D eigenvalue weighted by atomic mass is 28.4. The number of amides is 2. The third kappa shape index (κ3) is 16.8. The third-order valence-corrected chi connectivity index (χ3v) is 6.76. The molecule has 0 aliphatic rings. The summed E-state index contributed by atoms with van der Waals surface area (Å²) in [6.45, 7) is 11.1. The fourth-order valence-corrected chi connectivity index (χ4v) is 5.00. The van der Waals surface area contributed by atoms with Crippen molar-refractivity contribution in [1.82, 2.24) is 5.32 Å². The van der Waals surface area contributed by atoms with Gasteiger partial charge in [-0.3, -0.25) is 0 Å². The molecule has 0 saturated carbocycles. The Morgan fingerprint density at radius 3 is 1.93 bits per heavy atom. The Morgan fingerprint density at radius 2 is 1.40 bits per heavy atom. The van der Waals surface area contributed by atoms with Gasteiger partial charge >= 0.3 is 14.8 Å². The summed E-state index contributed by atoms with van der Waals surface area (Å²) in [7, 11) is -1.03. The zero-order chi connectivity index (χ0) is 22.3. The lowest BCUT2D eigenvalue weighted by molar-refractivity contribution is 0.00832. The topological polar surface area (TPSA) is 106 Å². The number of nitrogens with zero attached hydrogens (tertiary/aromatic N) is 1. The maximum atomic E-state index is 11.7. The molecule has 0 spiro atoms. The summed E-state index contributed by atoms with van der Waals surface area (Å²) < 4.78 is 38.1. The highest BCUT2D eigenvalue weighted by Gasteiger charge is 2.39. The first-order chi connectivity index (χ1) is 14.6. The zero-order valence-electron chi connectivity index (χ0n) is 19.0. The Balaban J connectivity index is 3.74. The van der Waals surface area contributed by atoms with E-state index in [2.05, 4.69) is 10.3 Å². The Kier molecular flexibility index (Phi) is 20.7. The summed E-state index contributed by atoms with van der Waals surface area (Å²) >= 11 is 0. The van der Waals surface area contributed by atoms with Crippen LogP contribution in [0.3, 0.4) is 0 Å². The maximum absolute atomic E-state index is 11.7. The monoisotopic (exact) mass is 452 g/mol. The highest BCUT2D eigenvalue weighted by molar-refractivity contribution is 6.60. The van der Waals surface area contributed by atoms with E-state index in [1.54, 1.807) is 7.11 Å². The highest BCUT2D eigenvalue weighted by Crippen LogP contribution is 2.17. The largest absolute Gasteiger partial charge is 0.500 e. The second-order valence-electron chi connectivity index (χ2n) is 5.92. The zero-order valence-corrected chi connectivity index (χ0v) is 20.0. The quantitative estimate of drug-likeness (QED) is 0.160. The molecule has 30 heavy (non-hydrogen) atoms. The van der Waals surface area contributed by atoms with Gasteiger partial charge in [-0.05, 0) is 27.2 Å². The second kappa shape index (κ2) is 21.3. The van der Waals surface area contributed by atoms with Crippen LogP contribution in [0.25, 0.3) is 0 Å². The molecule has 10 nitrogen and oxygen atoms in total. The molecule has 0 atom stereocenters. The number of hydrogen-bond donors (Lipinski definition) is 1. The molecule has 178 valence electrons. The maximum Gasteiger partial charge on any atom is 0.500 e. The minimum atomic E-state index is -2.66. The van der Waals surface area contributed by atoms with E-state index in [4.69, 9.17) is 32.2 Å². The SMILES string of the molecule is CCO[Si](CCCNC(=O)N=CCOCCOCCOCCOC)(OCC)OCC. The van der Waals surface area contributed by atoms with Crippen LogP contribution >= 0.6 is 0 Å². The Labute approximate surface area is 181 Å². The van der Waals surface area contributed by atoms with Crippen molar-refractivity contribution in [3.8, 4) is 0 Å². The number of ether oxygens (including phenoxy) is 4. The molecule has 1 N–H and O–H groups in total. The molecule has 0 saturated heterocycles. The van der Waals surface area contributed by atoms with Gasteiger partial charge in [0.05, 0.1) is 46.2 Å². The van der Waals surface area contributed by atoms with Gasteiger partial charge in [0, 0.05) is 45.7 Å². The molecule has 0 aromatic carbocycles. The van der Waals surface area contributed by atoms with Crippen LogP contribution in [0.1, 0.15) is 27.2 Å². The van der Waals surface area contributed by atoms with Crippen molar-refractivity contribution in [2.45, 2.75) is 33.2 Å².